The molecule has 19 heavy (non-hydrogen) atoms. The van der Waals surface area contributed by atoms with Crippen LogP contribution in [0.2, 0.25) is 0 Å². The summed E-state index contributed by atoms with van der Waals surface area (Å²) >= 11 is 0. The van der Waals surface area contributed by atoms with Crippen molar-refractivity contribution in [1.29, 1.82) is 0 Å². The van der Waals surface area contributed by atoms with Gasteiger partial charge in [-0.25, -0.2) is 0 Å². The van der Waals surface area contributed by atoms with E-state index in [2.05, 4.69) is 25.8 Å². The van der Waals surface area contributed by atoms with Gasteiger partial charge in [-0.3, -0.25) is 0 Å². The molecule has 1 unspecified atom stereocenters. The number of ether oxygens (including phenoxy) is 2. The summed E-state index contributed by atoms with van der Waals surface area (Å²) in [5, 5.41) is 10.3. The minimum atomic E-state index is -0.500. The Hall–Kier alpha value is -1.26. The molecule has 4 nitrogen and oxygen atoms in total. The number of benzene rings is 1. The van der Waals surface area contributed by atoms with E-state index in [9.17, 15) is 5.11 Å². The van der Waals surface area contributed by atoms with E-state index in [0.29, 0.717) is 12.6 Å². The lowest BCUT2D eigenvalue weighted by atomic mass is 10.1. The molecule has 0 fully saturated rings. The Kier molecular flexibility index (Phi) is 4.66. The van der Waals surface area contributed by atoms with Crippen LogP contribution >= 0.6 is 0 Å². The molecule has 1 aliphatic rings. The van der Waals surface area contributed by atoms with Crippen LogP contribution in [0.4, 0.5) is 0 Å². The maximum atomic E-state index is 10.3. The van der Waals surface area contributed by atoms with Gasteiger partial charge in [-0.1, -0.05) is 19.9 Å². The SMILES string of the molecule is CCC(CC)N(C)CC(O)c1ccc2c(c1)OCO2. The fraction of sp³-hybridized carbons (Fsp3) is 0.600. The van der Waals surface area contributed by atoms with Gasteiger partial charge in [0.05, 0.1) is 6.10 Å². The largest absolute Gasteiger partial charge is 0.454 e. The van der Waals surface area contributed by atoms with E-state index in [1.807, 2.05) is 18.2 Å². The molecule has 1 heterocycles. The molecular formula is C15H23NO3. The Morgan fingerprint density at radius 2 is 1.89 bits per heavy atom. The summed E-state index contributed by atoms with van der Waals surface area (Å²) in [5.74, 6) is 1.48. The Labute approximate surface area is 114 Å². The van der Waals surface area contributed by atoms with Gasteiger partial charge in [-0.2, -0.15) is 0 Å². The molecule has 4 heteroatoms. The molecule has 1 atom stereocenters. The zero-order valence-electron chi connectivity index (χ0n) is 11.9. The Morgan fingerprint density at radius 1 is 1.21 bits per heavy atom. The van der Waals surface area contributed by atoms with Gasteiger partial charge < -0.3 is 19.5 Å². The standard InChI is InChI=1S/C15H23NO3/c1-4-12(5-2)16(3)9-13(17)11-6-7-14-15(8-11)19-10-18-14/h6-8,12-13,17H,4-5,9-10H2,1-3H3. The number of nitrogens with zero attached hydrogens (tertiary/aromatic N) is 1. The van der Waals surface area contributed by atoms with E-state index in [1.165, 1.54) is 0 Å². The molecule has 1 aliphatic heterocycles. The Bertz CT molecular complexity index is 418. The molecule has 1 N–H and O–H groups in total. The smallest absolute Gasteiger partial charge is 0.231 e. The fourth-order valence-electron chi connectivity index (χ4n) is 2.56. The van der Waals surface area contributed by atoms with Crippen molar-refractivity contribution in [2.45, 2.75) is 38.8 Å². The van der Waals surface area contributed by atoms with E-state index in [4.69, 9.17) is 9.47 Å². The van der Waals surface area contributed by atoms with Crippen molar-refractivity contribution in [3.05, 3.63) is 23.8 Å². The summed E-state index contributed by atoms with van der Waals surface area (Å²) in [6.45, 7) is 5.25. The number of hydrogen-bond donors (Lipinski definition) is 1. The van der Waals surface area contributed by atoms with Gasteiger partial charge in [0, 0.05) is 12.6 Å². The number of fused-ring (bicyclic) bond motifs is 1. The number of aliphatic hydroxyl groups excluding tert-OH is 1. The average molecular weight is 265 g/mol. The van der Waals surface area contributed by atoms with Crippen molar-refractivity contribution in [2.75, 3.05) is 20.4 Å². The second-order valence-corrected chi connectivity index (χ2v) is 5.04. The molecule has 0 saturated heterocycles. The highest BCUT2D eigenvalue weighted by Crippen LogP contribution is 2.34. The lowest BCUT2D eigenvalue weighted by Gasteiger charge is -2.28. The molecule has 0 aliphatic carbocycles. The molecule has 106 valence electrons. The van der Waals surface area contributed by atoms with Crippen molar-refractivity contribution < 1.29 is 14.6 Å². The highest BCUT2D eigenvalue weighted by Gasteiger charge is 2.19. The zero-order valence-corrected chi connectivity index (χ0v) is 11.9. The maximum absolute atomic E-state index is 10.3. The number of hydrogen-bond acceptors (Lipinski definition) is 4. The molecule has 0 spiro atoms. The molecule has 0 amide bonds. The van der Waals surface area contributed by atoms with Crippen LogP contribution < -0.4 is 9.47 Å². The molecule has 0 bridgehead atoms. The minimum Gasteiger partial charge on any atom is -0.454 e. The fourth-order valence-corrected chi connectivity index (χ4v) is 2.56. The lowest BCUT2D eigenvalue weighted by Crippen LogP contribution is -2.34. The van der Waals surface area contributed by atoms with Gasteiger partial charge in [0.1, 0.15) is 0 Å². The van der Waals surface area contributed by atoms with E-state index < -0.39 is 6.10 Å². The molecule has 1 aromatic rings. The van der Waals surface area contributed by atoms with E-state index >= 15 is 0 Å². The third-order valence-electron chi connectivity index (χ3n) is 3.81. The van der Waals surface area contributed by atoms with Crippen molar-refractivity contribution in [3.8, 4) is 11.5 Å². The summed E-state index contributed by atoms with van der Waals surface area (Å²) in [7, 11) is 2.06. The van der Waals surface area contributed by atoms with Gasteiger partial charge in [0.2, 0.25) is 6.79 Å². The van der Waals surface area contributed by atoms with E-state index in [1.54, 1.807) is 0 Å². The summed E-state index contributed by atoms with van der Waals surface area (Å²) in [6, 6.07) is 6.15. The van der Waals surface area contributed by atoms with Gasteiger partial charge >= 0.3 is 0 Å². The molecular weight excluding hydrogens is 242 g/mol. The molecule has 2 rings (SSSR count). The topological polar surface area (TPSA) is 41.9 Å². The highest BCUT2D eigenvalue weighted by atomic mass is 16.7. The van der Waals surface area contributed by atoms with Crippen molar-refractivity contribution in [3.63, 3.8) is 0 Å². The number of likely N-dealkylation sites (N-methyl/N-ethyl adjacent to an activating group) is 1. The Morgan fingerprint density at radius 3 is 2.58 bits per heavy atom. The first-order chi connectivity index (χ1) is 9.15. The normalized spacial score (nSPS) is 15.3. The van der Waals surface area contributed by atoms with Crippen LogP contribution in [0.3, 0.4) is 0 Å². The van der Waals surface area contributed by atoms with Gasteiger partial charge in [0.15, 0.2) is 11.5 Å². The predicted molar refractivity (Wildman–Crippen MR) is 74.5 cm³/mol. The van der Waals surface area contributed by atoms with Crippen molar-refractivity contribution in [2.24, 2.45) is 0 Å². The van der Waals surface area contributed by atoms with Crippen LogP contribution in [0, 0.1) is 0 Å². The number of rotatable bonds is 6. The third kappa shape index (κ3) is 3.19. The quantitative estimate of drug-likeness (QED) is 0.858. The molecule has 0 radical (unpaired) electrons. The van der Waals surface area contributed by atoms with Gasteiger partial charge in [-0.15, -0.1) is 0 Å². The predicted octanol–water partition coefficient (Wildman–Crippen LogP) is 2.57. The molecule has 0 aromatic heterocycles. The van der Waals surface area contributed by atoms with Crippen LogP contribution in [-0.2, 0) is 0 Å². The first-order valence-corrected chi connectivity index (χ1v) is 6.93. The van der Waals surface area contributed by atoms with Crippen LogP contribution in [0.25, 0.3) is 0 Å². The lowest BCUT2D eigenvalue weighted by molar-refractivity contribution is 0.101. The second kappa shape index (κ2) is 6.26. The van der Waals surface area contributed by atoms with Crippen LogP contribution in [0.5, 0.6) is 11.5 Å². The second-order valence-electron chi connectivity index (χ2n) is 5.04. The average Bonchev–Trinajstić information content (AvgIpc) is 2.87. The van der Waals surface area contributed by atoms with Crippen LogP contribution in [-0.4, -0.2) is 36.4 Å². The number of aliphatic hydroxyl groups is 1. The van der Waals surface area contributed by atoms with Crippen molar-refractivity contribution in [1.82, 2.24) is 4.90 Å². The third-order valence-corrected chi connectivity index (χ3v) is 3.81. The van der Waals surface area contributed by atoms with E-state index in [-0.39, 0.29) is 6.79 Å². The highest BCUT2D eigenvalue weighted by molar-refractivity contribution is 5.45. The first kappa shape index (κ1) is 14.2. The van der Waals surface area contributed by atoms with Gasteiger partial charge in [-0.05, 0) is 37.6 Å². The minimum absolute atomic E-state index is 0.266. The van der Waals surface area contributed by atoms with Gasteiger partial charge in [0.25, 0.3) is 0 Å². The monoisotopic (exact) mass is 265 g/mol. The maximum Gasteiger partial charge on any atom is 0.231 e. The Balaban J connectivity index is 2.01. The molecule has 0 saturated carbocycles. The van der Waals surface area contributed by atoms with Crippen molar-refractivity contribution >= 4 is 0 Å². The zero-order chi connectivity index (χ0) is 13.8. The summed E-state index contributed by atoms with van der Waals surface area (Å²) in [4.78, 5) is 2.22. The van der Waals surface area contributed by atoms with E-state index in [0.717, 1.165) is 29.9 Å². The van der Waals surface area contributed by atoms with Crippen LogP contribution in [0.15, 0.2) is 18.2 Å². The first-order valence-electron chi connectivity index (χ1n) is 6.93. The molecule has 1 aromatic carbocycles. The summed E-state index contributed by atoms with van der Waals surface area (Å²) in [5.41, 5.74) is 0.877. The van der Waals surface area contributed by atoms with Crippen LogP contribution in [0.1, 0.15) is 38.4 Å². The summed E-state index contributed by atoms with van der Waals surface area (Å²) in [6.07, 6.45) is 1.70. The summed E-state index contributed by atoms with van der Waals surface area (Å²) < 4.78 is 10.6.